The highest BCUT2D eigenvalue weighted by atomic mass is 32.2. The van der Waals surface area contributed by atoms with E-state index in [9.17, 15) is 9.90 Å². The number of thioether (sulfide) groups is 1. The molecule has 0 spiro atoms. The maximum absolute atomic E-state index is 12.3. The van der Waals surface area contributed by atoms with Gasteiger partial charge < -0.3 is 15.3 Å². The maximum atomic E-state index is 12.3. The number of benzene rings is 1. The highest BCUT2D eigenvalue weighted by molar-refractivity contribution is 7.98. The minimum Gasteiger partial charge on any atom is -0.390 e. The van der Waals surface area contributed by atoms with Crippen LogP contribution in [0.1, 0.15) is 18.4 Å². The number of aliphatic hydroxyl groups excluding tert-OH is 1. The second-order valence-electron chi connectivity index (χ2n) is 6.55. The first-order chi connectivity index (χ1) is 11.7. The summed E-state index contributed by atoms with van der Waals surface area (Å²) in [7, 11) is 0. The molecule has 3 rings (SSSR count). The summed E-state index contributed by atoms with van der Waals surface area (Å²) >= 11 is 1.82. The third-order valence-corrected chi connectivity index (χ3v) is 5.82. The fraction of sp³-hybridized carbons (Fsp3) is 0.611. The first-order valence-corrected chi connectivity index (χ1v) is 9.96. The van der Waals surface area contributed by atoms with E-state index in [0.29, 0.717) is 19.6 Å². The van der Waals surface area contributed by atoms with E-state index in [0.717, 1.165) is 24.6 Å². The van der Waals surface area contributed by atoms with Gasteiger partial charge >= 0.3 is 6.03 Å². The molecule has 0 aliphatic carbocycles. The average Bonchev–Trinajstić information content (AvgIpc) is 3.24. The number of likely N-dealkylation sites (tertiary alicyclic amines) is 2. The Hall–Kier alpha value is -1.24. The van der Waals surface area contributed by atoms with Crippen molar-refractivity contribution in [1.29, 1.82) is 0 Å². The number of nitrogens with one attached hydrogen (secondary N) is 1. The van der Waals surface area contributed by atoms with Crippen molar-refractivity contribution in [2.24, 2.45) is 0 Å². The Morgan fingerprint density at radius 2 is 1.96 bits per heavy atom. The predicted molar refractivity (Wildman–Crippen MR) is 98.2 cm³/mol. The summed E-state index contributed by atoms with van der Waals surface area (Å²) < 4.78 is 0. The molecule has 2 heterocycles. The third kappa shape index (κ3) is 4.65. The molecule has 0 bridgehead atoms. The highest BCUT2D eigenvalue weighted by Crippen LogP contribution is 2.21. The Kier molecular flexibility index (Phi) is 6.40. The van der Waals surface area contributed by atoms with Gasteiger partial charge in [-0.2, -0.15) is 11.8 Å². The quantitative estimate of drug-likeness (QED) is 0.769. The van der Waals surface area contributed by atoms with Gasteiger partial charge in [0.25, 0.3) is 0 Å². The van der Waals surface area contributed by atoms with Gasteiger partial charge in [-0.3, -0.25) is 4.90 Å². The van der Waals surface area contributed by atoms with Gasteiger partial charge in [0.1, 0.15) is 0 Å². The van der Waals surface area contributed by atoms with E-state index in [1.165, 1.54) is 18.4 Å². The smallest absolute Gasteiger partial charge is 0.317 e. The lowest BCUT2D eigenvalue weighted by Gasteiger charge is -2.25. The van der Waals surface area contributed by atoms with E-state index in [1.807, 2.05) is 30.0 Å². The monoisotopic (exact) mass is 349 g/mol. The van der Waals surface area contributed by atoms with Crippen LogP contribution >= 0.6 is 11.8 Å². The van der Waals surface area contributed by atoms with E-state index in [-0.39, 0.29) is 12.1 Å². The second-order valence-corrected chi connectivity index (χ2v) is 7.66. The fourth-order valence-corrected chi connectivity index (χ4v) is 4.29. The van der Waals surface area contributed by atoms with Crippen LogP contribution < -0.4 is 5.32 Å². The van der Waals surface area contributed by atoms with Gasteiger partial charge in [-0.15, -0.1) is 0 Å². The van der Waals surface area contributed by atoms with E-state index in [4.69, 9.17) is 0 Å². The Bertz CT molecular complexity index is 522. The number of urea groups is 1. The number of rotatable bonds is 6. The SMILES string of the molecule is O=C(NCCSCc1ccccc1)N1C[C@H](O)[C@@H](N2CCCC2)C1. The lowest BCUT2D eigenvalue weighted by atomic mass is 10.2. The van der Waals surface area contributed by atoms with Crippen molar-refractivity contribution in [3.8, 4) is 0 Å². The molecule has 2 amide bonds. The maximum Gasteiger partial charge on any atom is 0.317 e. The van der Waals surface area contributed by atoms with Crippen LogP contribution in [0, 0.1) is 0 Å². The molecule has 0 aromatic heterocycles. The van der Waals surface area contributed by atoms with Gasteiger partial charge in [0, 0.05) is 31.1 Å². The molecule has 24 heavy (non-hydrogen) atoms. The molecule has 2 aliphatic rings. The second kappa shape index (κ2) is 8.74. The first kappa shape index (κ1) is 17.6. The third-order valence-electron chi connectivity index (χ3n) is 4.79. The summed E-state index contributed by atoms with van der Waals surface area (Å²) in [5.41, 5.74) is 1.31. The van der Waals surface area contributed by atoms with Crippen LogP contribution in [0.25, 0.3) is 0 Å². The Balaban J connectivity index is 1.33. The van der Waals surface area contributed by atoms with Crippen molar-refractivity contribution >= 4 is 17.8 Å². The summed E-state index contributed by atoms with van der Waals surface area (Å²) in [6.45, 7) is 3.85. The number of β-amino-alcohol motifs (C(OH)–C–C–N with tert-alkyl or cyclic N) is 1. The van der Waals surface area contributed by atoms with Crippen molar-refractivity contribution in [1.82, 2.24) is 15.1 Å². The van der Waals surface area contributed by atoms with Crippen LogP contribution in [0.2, 0.25) is 0 Å². The molecule has 2 aliphatic heterocycles. The number of carbonyl (C=O) groups excluding carboxylic acids is 1. The molecule has 0 unspecified atom stereocenters. The van der Waals surface area contributed by atoms with Crippen LogP contribution in [0.3, 0.4) is 0 Å². The fourth-order valence-electron chi connectivity index (χ4n) is 3.47. The van der Waals surface area contributed by atoms with Gasteiger partial charge in [-0.25, -0.2) is 4.79 Å². The van der Waals surface area contributed by atoms with E-state index in [2.05, 4.69) is 22.3 Å². The topological polar surface area (TPSA) is 55.8 Å². The van der Waals surface area contributed by atoms with Gasteiger partial charge in [0.05, 0.1) is 12.1 Å². The number of hydrogen-bond donors (Lipinski definition) is 2. The summed E-state index contributed by atoms with van der Waals surface area (Å²) in [6.07, 6.45) is 1.99. The Morgan fingerprint density at radius 1 is 1.21 bits per heavy atom. The van der Waals surface area contributed by atoms with Gasteiger partial charge in [-0.05, 0) is 31.5 Å². The minimum absolute atomic E-state index is 0.0453. The molecule has 2 fully saturated rings. The van der Waals surface area contributed by atoms with Crippen molar-refractivity contribution in [2.75, 3.05) is 38.5 Å². The number of hydrogen-bond acceptors (Lipinski definition) is 4. The lowest BCUT2D eigenvalue weighted by molar-refractivity contribution is 0.0980. The van der Waals surface area contributed by atoms with Crippen LogP contribution in [0.5, 0.6) is 0 Å². The molecular weight excluding hydrogens is 322 g/mol. The first-order valence-electron chi connectivity index (χ1n) is 8.80. The molecule has 2 N–H and O–H groups in total. The standard InChI is InChI=1S/C18H27N3O2S/c22-17-13-21(12-16(17)20-9-4-5-10-20)18(23)19-8-11-24-14-15-6-2-1-3-7-15/h1-3,6-7,16-17,22H,4-5,8-14H2,(H,19,23)/t16-,17-/m0/s1. The van der Waals surface area contributed by atoms with Crippen molar-refractivity contribution in [3.05, 3.63) is 35.9 Å². The van der Waals surface area contributed by atoms with Crippen molar-refractivity contribution in [3.63, 3.8) is 0 Å². The number of carbonyl (C=O) groups is 1. The van der Waals surface area contributed by atoms with Gasteiger partial charge in [0.15, 0.2) is 0 Å². The predicted octanol–water partition coefficient (Wildman–Crippen LogP) is 1.77. The molecule has 0 saturated carbocycles. The van der Waals surface area contributed by atoms with Crippen LogP contribution in [-0.4, -0.2) is 71.6 Å². The number of nitrogens with zero attached hydrogens (tertiary/aromatic N) is 2. The molecule has 0 radical (unpaired) electrons. The molecular formula is C18H27N3O2S. The summed E-state index contributed by atoms with van der Waals surface area (Å²) in [5.74, 6) is 1.86. The van der Waals surface area contributed by atoms with Crippen molar-refractivity contribution < 1.29 is 9.90 Å². The molecule has 1 aromatic rings. The lowest BCUT2D eigenvalue weighted by Crippen LogP contribution is -2.43. The Labute approximate surface area is 148 Å². The van der Waals surface area contributed by atoms with Crippen LogP contribution in [-0.2, 0) is 5.75 Å². The van der Waals surface area contributed by atoms with Gasteiger partial charge in [0.2, 0.25) is 0 Å². The van der Waals surface area contributed by atoms with Crippen molar-refractivity contribution in [2.45, 2.75) is 30.7 Å². The molecule has 5 nitrogen and oxygen atoms in total. The van der Waals surface area contributed by atoms with Gasteiger partial charge in [-0.1, -0.05) is 30.3 Å². The number of amides is 2. The van der Waals surface area contributed by atoms with E-state index >= 15 is 0 Å². The van der Waals surface area contributed by atoms with E-state index < -0.39 is 6.10 Å². The number of aliphatic hydroxyl groups is 1. The average molecular weight is 350 g/mol. The molecule has 2 atom stereocenters. The van der Waals surface area contributed by atoms with Crippen LogP contribution in [0.4, 0.5) is 4.79 Å². The zero-order valence-electron chi connectivity index (χ0n) is 14.1. The summed E-state index contributed by atoms with van der Waals surface area (Å²) in [6, 6.07) is 10.4. The van der Waals surface area contributed by atoms with Crippen LogP contribution in [0.15, 0.2) is 30.3 Å². The summed E-state index contributed by atoms with van der Waals surface area (Å²) in [5, 5.41) is 13.2. The summed E-state index contributed by atoms with van der Waals surface area (Å²) in [4.78, 5) is 16.3. The minimum atomic E-state index is -0.415. The van der Waals surface area contributed by atoms with E-state index in [1.54, 1.807) is 4.90 Å². The molecule has 132 valence electrons. The highest BCUT2D eigenvalue weighted by Gasteiger charge is 2.38. The molecule has 6 heteroatoms. The zero-order chi connectivity index (χ0) is 16.8. The molecule has 2 saturated heterocycles. The molecule has 1 aromatic carbocycles. The normalized spacial score (nSPS) is 24.5. The largest absolute Gasteiger partial charge is 0.390 e. The zero-order valence-corrected chi connectivity index (χ0v) is 14.9. The Morgan fingerprint density at radius 3 is 2.71 bits per heavy atom.